The van der Waals surface area contributed by atoms with E-state index in [9.17, 15) is 9.90 Å². The number of carbonyl (C=O) groups excluding carboxylic acids is 1. The molecule has 0 saturated carbocycles. The Bertz CT molecular complexity index is 662. The Balaban J connectivity index is 2.18. The highest BCUT2D eigenvalue weighted by atomic mass is 16.3. The number of nitrogens with one attached hydrogen (secondary N) is 1. The van der Waals surface area contributed by atoms with Crippen LogP contribution in [0.4, 0.5) is 0 Å². The third-order valence-electron chi connectivity index (χ3n) is 3.67. The number of nitrogens with zero attached hydrogens (tertiary/aromatic N) is 2. The van der Waals surface area contributed by atoms with E-state index >= 15 is 0 Å². The maximum absolute atomic E-state index is 12.1. The van der Waals surface area contributed by atoms with Gasteiger partial charge >= 0.3 is 0 Å². The number of hydrogen-bond acceptors (Lipinski definition) is 4. The van der Waals surface area contributed by atoms with Gasteiger partial charge in [0.2, 0.25) is 0 Å². The van der Waals surface area contributed by atoms with Crippen molar-refractivity contribution in [3.63, 3.8) is 0 Å². The maximum atomic E-state index is 12.1. The zero-order valence-electron chi connectivity index (χ0n) is 13.7. The summed E-state index contributed by atoms with van der Waals surface area (Å²) in [6, 6.07) is 7.61. The van der Waals surface area contributed by atoms with E-state index in [0.717, 1.165) is 5.69 Å². The molecule has 0 bridgehead atoms. The van der Waals surface area contributed by atoms with Gasteiger partial charge in [-0.15, -0.1) is 0 Å². The van der Waals surface area contributed by atoms with Crippen LogP contribution in [-0.2, 0) is 0 Å². The lowest BCUT2D eigenvalue weighted by atomic mass is 10.0. The predicted molar refractivity (Wildman–Crippen MR) is 87.9 cm³/mol. The lowest BCUT2D eigenvalue weighted by molar-refractivity contribution is 0.0926. The number of amides is 1. The van der Waals surface area contributed by atoms with Gasteiger partial charge in [-0.05, 0) is 37.0 Å². The second kappa shape index (κ2) is 7.28. The van der Waals surface area contributed by atoms with Crippen LogP contribution < -0.4 is 5.32 Å². The van der Waals surface area contributed by atoms with Crippen LogP contribution in [0.25, 0.3) is 5.69 Å². The first kappa shape index (κ1) is 17.0. The number of aliphatic hydroxyl groups is 1. The molecule has 0 aliphatic heterocycles. The van der Waals surface area contributed by atoms with E-state index in [0.29, 0.717) is 12.3 Å². The van der Waals surface area contributed by atoms with Crippen molar-refractivity contribution >= 4 is 5.91 Å². The fourth-order valence-corrected chi connectivity index (χ4v) is 2.23. The Morgan fingerprint density at radius 3 is 2.48 bits per heavy atom. The fourth-order valence-electron chi connectivity index (χ4n) is 2.23. The molecule has 0 fully saturated rings. The van der Waals surface area contributed by atoms with Crippen molar-refractivity contribution in [1.29, 1.82) is 0 Å². The number of aliphatic hydroxyl groups excluding tert-OH is 1. The van der Waals surface area contributed by atoms with Gasteiger partial charge in [-0.25, -0.2) is 4.68 Å². The summed E-state index contributed by atoms with van der Waals surface area (Å²) in [6.07, 6.45) is 1.86. The zero-order valence-corrected chi connectivity index (χ0v) is 13.7. The first-order chi connectivity index (χ1) is 10.9. The van der Waals surface area contributed by atoms with Crippen LogP contribution in [0.3, 0.4) is 0 Å². The zero-order chi connectivity index (χ0) is 17.0. The minimum Gasteiger partial charge on any atom is -0.504 e. The lowest BCUT2D eigenvalue weighted by Crippen LogP contribution is -2.33. The van der Waals surface area contributed by atoms with Crippen molar-refractivity contribution in [3.05, 3.63) is 41.7 Å². The van der Waals surface area contributed by atoms with Gasteiger partial charge in [0, 0.05) is 12.6 Å². The largest absolute Gasteiger partial charge is 0.504 e. The summed E-state index contributed by atoms with van der Waals surface area (Å²) in [5.41, 5.74) is 1.95. The summed E-state index contributed by atoms with van der Waals surface area (Å²) in [5.74, 6) is -0.197. The monoisotopic (exact) mass is 317 g/mol. The molecule has 6 heteroatoms. The Morgan fingerprint density at radius 2 is 1.91 bits per heavy atom. The molecule has 0 aliphatic rings. The van der Waals surface area contributed by atoms with E-state index in [2.05, 4.69) is 24.3 Å². The number of rotatable bonds is 6. The van der Waals surface area contributed by atoms with Crippen LogP contribution in [0.1, 0.15) is 49.2 Å². The summed E-state index contributed by atoms with van der Waals surface area (Å²) in [5, 5.41) is 25.7. The molecule has 6 nitrogen and oxygen atoms in total. The van der Waals surface area contributed by atoms with Crippen LogP contribution in [0.5, 0.6) is 5.75 Å². The van der Waals surface area contributed by atoms with E-state index in [1.807, 2.05) is 24.3 Å². The number of benzene rings is 1. The lowest BCUT2D eigenvalue weighted by Gasteiger charge is -2.11. The second-order valence-electron chi connectivity index (χ2n) is 5.94. The molecule has 0 radical (unpaired) electrons. The molecule has 1 aromatic carbocycles. The molecule has 124 valence electrons. The summed E-state index contributed by atoms with van der Waals surface area (Å²) in [6.45, 7) is 6.01. The highest BCUT2D eigenvalue weighted by molar-refractivity contribution is 5.95. The first-order valence-electron chi connectivity index (χ1n) is 7.73. The smallest absolute Gasteiger partial charge is 0.275 e. The molecule has 1 aromatic heterocycles. The molecule has 23 heavy (non-hydrogen) atoms. The van der Waals surface area contributed by atoms with Crippen molar-refractivity contribution in [2.24, 2.45) is 0 Å². The Labute approximate surface area is 135 Å². The van der Waals surface area contributed by atoms with Crippen LogP contribution in [0, 0.1) is 0 Å². The van der Waals surface area contributed by atoms with E-state index in [4.69, 9.17) is 5.11 Å². The summed E-state index contributed by atoms with van der Waals surface area (Å²) < 4.78 is 1.48. The Kier molecular flexibility index (Phi) is 5.39. The van der Waals surface area contributed by atoms with Gasteiger partial charge in [0.15, 0.2) is 11.4 Å². The molecule has 0 unspecified atom stereocenters. The molecule has 1 amide bonds. The normalized spacial score (nSPS) is 12.4. The van der Waals surface area contributed by atoms with Crippen molar-refractivity contribution in [1.82, 2.24) is 15.1 Å². The van der Waals surface area contributed by atoms with E-state index in [1.165, 1.54) is 16.4 Å². The molecular formula is C17H23N3O3. The predicted octanol–water partition coefficient (Wildman–Crippen LogP) is 2.20. The Hall–Kier alpha value is -2.34. The highest BCUT2D eigenvalue weighted by Crippen LogP contribution is 2.20. The minimum atomic E-state index is -0.457. The Morgan fingerprint density at radius 1 is 1.26 bits per heavy atom. The van der Waals surface area contributed by atoms with Gasteiger partial charge in [-0.2, -0.15) is 5.10 Å². The molecular weight excluding hydrogens is 294 g/mol. The van der Waals surface area contributed by atoms with Crippen LogP contribution in [0.2, 0.25) is 0 Å². The molecule has 0 saturated heterocycles. The minimum absolute atomic E-state index is 0.00985. The first-order valence-corrected chi connectivity index (χ1v) is 7.73. The van der Waals surface area contributed by atoms with Crippen molar-refractivity contribution < 1.29 is 15.0 Å². The molecule has 1 heterocycles. The van der Waals surface area contributed by atoms with Crippen LogP contribution >= 0.6 is 0 Å². The number of hydrogen-bond donors (Lipinski definition) is 3. The summed E-state index contributed by atoms with van der Waals surface area (Å²) >= 11 is 0. The standard InChI is InChI=1S/C17H23N3O3/c1-11(2)13-4-6-14(7-5-13)20-10-15(22)16(19-20)17(23)18-12(3)8-9-21/h4-7,10-12,21-22H,8-9H2,1-3H3,(H,18,23)/t12-/m1/s1. The van der Waals surface area contributed by atoms with Crippen LogP contribution in [0.15, 0.2) is 30.5 Å². The van der Waals surface area contributed by atoms with Gasteiger partial charge in [0.1, 0.15) is 0 Å². The van der Waals surface area contributed by atoms with Crippen molar-refractivity contribution in [3.8, 4) is 11.4 Å². The van der Waals surface area contributed by atoms with Crippen LogP contribution in [-0.4, -0.2) is 38.5 Å². The van der Waals surface area contributed by atoms with Gasteiger partial charge in [-0.1, -0.05) is 26.0 Å². The van der Waals surface area contributed by atoms with E-state index in [-0.39, 0.29) is 24.1 Å². The molecule has 0 spiro atoms. The van der Waals surface area contributed by atoms with E-state index < -0.39 is 5.91 Å². The second-order valence-corrected chi connectivity index (χ2v) is 5.94. The third kappa shape index (κ3) is 4.10. The average molecular weight is 317 g/mol. The van der Waals surface area contributed by atoms with Crippen molar-refractivity contribution in [2.75, 3.05) is 6.61 Å². The SMILES string of the molecule is CC(C)c1ccc(-n2cc(O)c(C(=O)N[C@H](C)CCO)n2)cc1. The molecule has 1 atom stereocenters. The highest BCUT2D eigenvalue weighted by Gasteiger charge is 2.18. The quantitative estimate of drug-likeness (QED) is 0.762. The van der Waals surface area contributed by atoms with Gasteiger partial charge in [-0.3, -0.25) is 4.79 Å². The van der Waals surface area contributed by atoms with Gasteiger partial charge in [0.25, 0.3) is 5.91 Å². The molecule has 2 aromatic rings. The summed E-state index contributed by atoms with van der Waals surface area (Å²) in [7, 11) is 0. The number of aromatic hydroxyl groups is 1. The summed E-state index contributed by atoms with van der Waals surface area (Å²) in [4.78, 5) is 12.1. The molecule has 3 N–H and O–H groups in total. The average Bonchev–Trinajstić information content (AvgIpc) is 2.89. The van der Waals surface area contributed by atoms with Gasteiger partial charge in [0.05, 0.1) is 11.9 Å². The van der Waals surface area contributed by atoms with E-state index in [1.54, 1.807) is 6.92 Å². The van der Waals surface area contributed by atoms with Crippen molar-refractivity contribution in [2.45, 2.75) is 39.2 Å². The third-order valence-corrected chi connectivity index (χ3v) is 3.67. The van der Waals surface area contributed by atoms with Gasteiger partial charge < -0.3 is 15.5 Å². The molecule has 0 aliphatic carbocycles. The molecule has 2 rings (SSSR count). The topological polar surface area (TPSA) is 87.4 Å². The maximum Gasteiger partial charge on any atom is 0.275 e. The number of carbonyl (C=O) groups is 1. The fraction of sp³-hybridized carbons (Fsp3) is 0.412. The number of aromatic nitrogens is 2.